The minimum Gasteiger partial charge on any atom is -0.342 e. The molecule has 2 aliphatic heterocycles. The Labute approximate surface area is 156 Å². The van der Waals surface area contributed by atoms with Gasteiger partial charge in [0.2, 0.25) is 11.8 Å². The Hall–Kier alpha value is -1.88. The number of likely N-dealkylation sites (tertiary alicyclic amines) is 1. The number of piperidine rings is 1. The lowest BCUT2D eigenvalue weighted by Gasteiger charge is -2.45. The Kier molecular flexibility index (Phi) is 5.66. The predicted molar refractivity (Wildman–Crippen MR) is 102 cm³/mol. The fourth-order valence-corrected chi connectivity index (χ4v) is 4.24. The van der Waals surface area contributed by atoms with Crippen molar-refractivity contribution in [3.05, 3.63) is 35.9 Å². The van der Waals surface area contributed by atoms with Gasteiger partial charge in [0.1, 0.15) is 0 Å². The first-order valence-corrected chi connectivity index (χ1v) is 9.86. The van der Waals surface area contributed by atoms with Crippen LogP contribution >= 0.6 is 0 Å². The molecular weight excluding hydrogens is 326 g/mol. The summed E-state index contributed by atoms with van der Waals surface area (Å²) in [4.78, 5) is 29.2. The van der Waals surface area contributed by atoms with Crippen molar-refractivity contribution >= 4 is 11.8 Å². The largest absolute Gasteiger partial charge is 0.342 e. The Bertz CT molecular complexity index is 636. The van der Waals surface area contributed by atoms with Crippen LogP contribution in [0.4, 0.5) is 0 Å². The second kappa shape index (κ2) is 7.78. The molecule has 1 N–H and O–H groups in total. The number of amides is 2. The zero-order chi connectivity index (χ0) is 18.7. The predicted octanol–water partition coefficient (Wildman–Crippen LogP) is 2.41. The Morgan fingerprint density at radius 1 is 1.23 bits per heavy atom. The molecule has 2 aliphatic rings. The Morgan fingerprint density at radius 3 is 2.46 bits per heavy atom. The van der Waals surface area contributed by atoms with E-state index >= 15 is 0 Å². The summed E-state index contributed by atoms with van der Waals surface area (Å²) in [5, 5.41) is 3.68. The fraction of sp³-hybridized carbons (Fsp3) is 0.619. The normalized spacial score (nSPS) is 22.5. The van der Waals surface area contributed by atoms with Crippen LogP contribution in [0.2, 0.25) is 0 Å². The average Bonchev–Trinajstić information content (AvgIpc) is 2.87. The molecule has 2 saturated heterocycles. The van der Waals surface area contributed by atoms with E-state index in [0.29, 0.717) is 18.8 Å². The van der Waals surface area contributed by atoms with Crippen molar-refractivity contribution in [3.8, 4) is 0 Å². The van der Waals surface area contributed by atoms with Crippen molar-refractivity contribution in [2.45, 2.75) is 58.2 Å². The standard InChI is InChI=1S/C21H31N3O2/c1-4-19(25)23-12-10-21(11-13-23)22-18(14-17-8-6-5-7-9-17)20(26)24(21)15-16(2)3/h5-9,16,18,22H,4,10-15H2,1-3H3. The van der Waals surface area contributed by atoms with Crippen molar-refractivity contribution in [3.63, 3.8) is 0 Å². The monoisotopic (exact) mass is 357 g/mol. The van der Waals surface area contributed by atoms with Gasteiger partial charge >= 0.3 is 0 Å². The van der Waals surface area contributed by atoms with Crippen molar-refractivity contribution in [1.82, 2.24) is 15.1 Å². The molecule has 2 heterocycles. The number of carbonyl (C=O) groups is 2. The van der Waals surface area contributed by atoms with Gasteiger partial charge < -0.3 is 9.80 Å². The molecule has 1 unspecified atom stereocenters. The van der Waals surface area contributed by atoms with E-state index in [1.165, 1.54) is 5.56 Å². The van der Waals surface area contributed by atoms with Crippen molar-refractivity contribution in [2.24, 2.45) is 5.92 Å². The number of carbonyl (C=O) groups excluding carboxylic acids is 2. The molecule has 1 spiro atoms. The molecule has 5 nitrogen and oxygen atoms in total. The lowest BCUT2D eigenvalue weighted by Crippen LogP contribution is -2.60. The van der Waals surface area contributed by atoms with Gasteiger partial charge in [-0.05, 0) is 17.9 Å². The first-order valence-electron chi connectivity index (χ1n) is 9.86. The van der Waals surface area contributed by atoms with Crippen LogP contribution in [0.3, 0.4) is 0 Å². The lowest BCUT2D eigenvalue weighted by molar-refractivity contribution is -0.137. The quantitative estimate of drug-likeness (QED) is 0.880. The van der Waals surface area contributed by atoms with E-state index in [0.717, 1.165) is 32.5 Å². The van der Waals surface area contributed by atoms with Crippen LogP contribution in [-0.4, -0.2) is 53.0 Å². The molecule has 1 aromatic carbocycles. The zero-order valence-electron chi connectivity index (χ0n) is 16.2. The van der Waals surface area contributed by atoms with Gasteiger partial charge in [-0.25, -0.2) is 0 Å². The van der Waals surface area contributed by atoms with Crippen LogP contribution in [0, 0.1) is 5.92 Å². The number of nitrogens with one attached hydrogen (secondary N) is 1. The maximum Gasteiger partial charge on any atom is 0.241 e. The molecule has 0 saturated carbocycles. The SMILES string of the molecule is CCC(=O)N1CCC2(CC1)NC(Cc1ccccc1)C(=O)N2CC(C)C. The summed E-state index contributed by atoms with van der Waals surface area (Å²) in [7, 11) is 0. The minimum atomic E-state index is -0.300. The highest BCUT2D eigenvalue weighted by molar-refractivity contribution is 5.85. The van der Waals surface area contributed by atoms with Gasteiger partial charge in [0, 0.05) is 38.9 Å². The second-order valence-corrected chi connectivity index (χ2v) is 8.00. The van der Waals surface area contributed by atoms with Gasteiger partial charge in [-0.1, -0.05) is 51.1 Å². The average molecular weight is 357 g/mol. The highest BCUT2D eigenvalue weighted by atomic mass is 16.2. The summed E-state index contributed by atoms with van der Waals surface area (Å²) in [6.45, 7) is 8.42. The zero-order valence-corrected chi connectivity index (χ0v) is 16.2. The molecule has 0 aliphatic carbocycles. The van der Waals surface area contributed by atoms with E-state index in [4.69, 9.17) is 0 Å². The van der Waals surface area contributed by atoms with Crippen LogP contribution in [-0.2, 0) is 16.0 Å². The van der Waals surface area contributed by atoms with Crippen LogP contribution < -0.4 is 5.32 Å². The summed E-state index contributed by atoms with van der Waals surface area (Å²) in [6, 6.07) is 10.0. The van der Waals surface area contributed by atoms with E-state index in [1.807, 2.05) is 30.0 Å². The van der Waals surface area contributed by atoms with E-state index in [2.05, 4.69) is 36.2 Å². The maximum atomic E-state index is 13.2. The van der Waals surface area contributed by atoms with Gasteiger partial charge in [-0.15, -0.1) is 0 Å². The van der Waals surface area contributed by atoms with Gasteiger partial charge in [0.15, 0.2) is 0 Å². The molecule has 142 valence electrons. The van der Waals surface area contributed by atoms with E-state index in [1.54, 1.807) is 0 Å². The fourth-order valence-electron chi connectivity index (χ4n) is 4.24. The molecular formula is C21H31N3O2. The number of benzene rings is 1. The van der Waals surface area contributed by atoms with Gasteiger partial charge in [-0.3, -0.25) is 14.9 Å². The molecule has 1 aromatic rings. The van der Waals surface area contributed by atoms with Gasteiger partial charge in [0.05, 0.1) is 11.7 Å². The molecule has 3 rings (SSSR count). The molecule has 0 aromatic heterocycles. The maximum absolute atomic E-state index is 13.2. The molecule has 1 atom stereocenters. The highest BCUT2D eigenvalue weighted by Crippen LogP contribution is 2.34. The third kappa shape index (κ3) is 3.78. The summed E-state index contributed by atoms with van der Waals surface area (Å²) >= 11 is 0. The summed E-state index contributed by atoms with van der Waals surface area (Å²) in [5.41, 5.74) is 0.879. The summed E-state index contributed by atoms with van der Waals surface area (Å²) < 4.78 is 0. The van der Waals surface area contributed by atoms with Crippen molar-refractivity contribution in [2.75, 3.05) is 19.6 Å². The third-order valence-electron chi connectivity index (χ3n) is 5.60. The minimum absolute atomic E-state index is 0.176. The summed E-state index contributed by atoms with van der Waals surface area (Å²) in [6.07, 6.45) is 2.88. The van der Waals surface area contributed by atoms with E-state index < -0.39 is 0 Å². The Balaban J connectivity index is 1.77. The second-order valence-electron chi connectivity index (χ2n) is 8.00. The lowest BCUT2D eigenvalue weighted by atomic mass is 9.94. The topological polar surface area (TPSA) is 52.7 Å². The number of hydrogen-bond donors (Lipinski definition) is 1. The van der Waals surface area contributed by atoms with E-state index in [9.17, 15) is 9.59 Å². The highest BCUT2D eigenvalue weighted by Gasteiger charge is 2.51. The molecule has 0 bridgehead atoms. The molecule has 2 fully saturated rings. The smallest absolute Gasteiger partial charge is 0.241 e. The molecule has 0 radical (unpaired) electrons. The molecule has 2 amide bonds. The molecule has 26 heavy (non-hydrogen) atoms. The first-order chi connectivity index (χ1) is 12.4. The number of hydrogen-bond acceptors (Lipinski definition) is 3. The van der Waals surface area contributed by atoms with E-state index in [-0.39, 0.29) is 23.5 Å². The van der Waals surface area contributed by atoms with Gasteiger partial charge in [-0.2, -0.15) is 0 Å². The van der Waals surface area contributed by atoms with Crippen molar-refractivity contribution < 1.29 is 9.59 Å². The van der Waals surface area contributed by atoms with Gasteiger partial charge in [0.25, 0.3) is 0 Å². The van der Waals surface area contributed by atoms with Crippen LogP contribution in [0.25, 0.3) is 0 Å². The van der Waals surface area contributed by atoms with Crippen molar-refractivity contribution in [1.29, 1.82) is 0 Å². The number of nitrogens with zero attached hydrogens (tertiary/aromatic N) is 2. The van der Waals surface area contributed by atoms with Crippen LogP contribution in [0.15, 0.2) is 30.3 Å². The van der Waals surface area contributed by atoms with Crippen LogP contribution in [0.1, 0.15) is 45.6 Å². The first kappa shape index (κ1) is 18.9. The van der Waals surface area contributed by atoms with Crippen LogP contribution in [0.5, 0.6) is 0 Å². The third-order valence-corrected chi connectivity index (χ3v) is 5.60. The Morgan fingerprint density at radius 2 is 1.88 bits per heavy atom. The number of rotatable bonds is 5. The molecule has 5 heteroatoms. The summed E-state index contributed by atoms with van der Waals surface area (Å²) in [5.74, 6) is 0.835.